The van der Waals surface area contributed by atoms with E-state index in [1.54, 1.807) is 6.07 Å². The molecule has 2 aromatic rings. The third-order valence-electron chi connectivity index (χ3n) is 3.67. The molecule has 0 aromatic heterocycles. The molecule has 4 heteroatoms. The van der Waals surface area contributed by atoms with Gasteiger partial charge in [0.05, 0.1) is 7.11 Å². The fourth-order valence-electron chi connectivity index (χ4n) is 2.29. The summed E-state index contributed by atoms with van der Waals surface area (Å²) in [6.45, 7) is 0.821. The Balaban J connectivity index is 1.82. The lowest BCUT2D eigenvalue weighted by atomic mass is 10.0. The van der Waals surface area contributed by atoms with Crippen molar-refractivity contribution in [2.45, 2.75) is 25.4 Å². The van der Waals surface area contributed by atoms with Crippen molar-refractivity contribution >= 4 is 11.6 Å². The topological polar surface area (TPSA) is 21.3 Å². The summed E-state index contributed by atoms with van der Waals surface area (Å²) in [5.74, 6) is -0.148. The SMILES string of the molecule is COc1ccc(-c2ccc(CNC3CC3)cc2Cl)cc1F. The molecular weight excluding hydrogens is 289 g/mol. The number of hydrogen-bond acceptors (Lipinski definition) is 2. The van der Waals surface area contributed by atoms with Gasteiger partial charge in [-0.1, -0.05) is 29.8 Å². The molecule has 110 valence electrons. The van der Waals surface area contributed by atoms with Gasteiger partial charge in [0.2, 0.25) is 0 Å². The van der Waals surface area contributed by atoms with Crippen LogP contribution < -0.4 is 10.1 Å². The molecule has 2 nitrogen and oxygen atoms in total. The summed E-state index contributed by atoms with van der Waals surface area (Å²) in [4.78, 5) is 0. The van der Waals surface area contributed by atoms with Crippen LogP contribution in [-0.2, 0) is 6.54 Å². The molecule has 0 saturated heterocycles. The van der Waals surface area contributed by atoms with E-state index in [2.05, 4.69) is 5.32 Å². The summed E-state index contributed by atoms with van der Waals surface area (Å²) in [5.41, 5.74) is 2.72. The zero-order chi connectivity index (χ0) is 14.8. The van der Waals surface area contributed by atoms with Crippen LogP contribution in [0.4, 0.5) is 4.39 Å². The van der Waals surface area contributed by atoms with Gasteiger partial charge in [0.15, 0.2) is 11.6 Å². The molecule has 21 heavy (non-hydrogen) atoms. The minimum absolute atomic E-state index is 0.236. The molecule has 3 rings (SSSR count). The van der Waals surface area contributed by atoms with Gasteiger partial charge in [0.1, 0.15) is 0 Å². The van der Waals surface area contributed by atoms with Crippen molar-refractivity contribution in [2.24, 2.45) is 0 Å². The summed E-state index contributed by atoms with van der Waals surface area (Å²) < 4.78 is 18.7. The summed E-state index contributed by atoms with van der Waals surface area (Å²) >= 11 is 6.34. The van der Waals surface area contributed by atoms with Crippen LogP contribution in [0.1, 0.15) is 18.4 Å². The summed E-state index contributed by atoms with van der Waals surface area (Å²) in [6, 6.07) is 11.4. The molecule has 1 saturated carbocycles. The molecule has 0 heterocycles. The number of hydrogen-bond donors (Lipinski definition) is 1. The highest BCUT2D eigenvalue weighted by atomic mass is 35.5. The number of ether oxygens (including phenoxy) is 1. The first-order chi connectivity index (χ1) is 10.2. The average Bonchev–Trinajstić information content (AvgIpc) is 3.29. The number of benzene rings is 2. The summed E-state index contributed by atoms with van der Waals surface area (Å²) in [5, 5.41) is 4.08. The van der Waals surface area contributed by atoms with E-state index in [4.69, 9.17) is 16.3 Å². The second kappa shape index (κ2) is 6.04. The molecular formula is C17H17ClFNO. The van der Waals surface area contributed by atoms with E-state index < -0.39 is 0 Å². The number of halogens is 2. The normalized spacial score (nSPS) is 14.2. The maximum Gasteiger partial charge on any atom is 0.165 e. The van der Waals surface area contributed by atoms with Gasteiger partial charge in [-0.05, 0) is 42.2 Å². The first-order valence-corrected chi connectivity index (χ1v) is 7.41. The van der Waals surface area contributed by atoms with Crippen LogP contribution in [-0.4, -0.2) is 13.2 Å². The molecule has 2 aromatic carbocycles. The highest BCUT2D eigenvalue weighted by Crippen LogP contribution is 2.31. The fourth-order valence-corrected chi connectivity index (χ4v) is 2.60. The Morgan fingerprint density at radius 3 is 2.67 bits per heavy atom. The Bertz CT molecular complexity index is 655. The largest absolute Gasteiger partial charge is 0.494 e. The van der Waals surface area contributed by atoms with Gasteiger partial charge in [0, 0.05) is 23.2 Å². The minimum atomic E-state index is -0.384. The first-order valence-electron chi connectivity index (χ1n) is 7.03. The lowest BCUT2D eigenvalue weighted by Gasteiger charge is -2.10. The molecule has 0 unspecified atom stereocenters. The summed E-state index contributed by atoms with van der Waals surface area (Å²) in [7, 11) is 1.45. The Labute approximate surface area is 128 Å². The van der Waals surface area contributed by atoms with Crippen molar-refractivity contribution in [1.82, 2.24) is 5.32 Å². The minimum Gasteiger partial charge on any atom is -0.494 e. The molecule has 1 fully saturated rings. The van der Waals surface area contributed by atoms with Crippen LogP contribution in [0.2, 0.25) is 5.02 Å². The molecule has 0 aliphatic heterocycles. The Hall–Kier alpha value is -1.58. The zero-order valence-corrected chi connectivity index (χ0v) is 12.6. The molecule has 0 amide bonds. The smallest absolute Gasteiger partial charge is 0.165 e. The highest BCUT2D eigenvalue weighted by molar-refractivity contribution is 6.33. The molecule has 0 bridgehead atoms. The van der Waals surface area contributed by atoms with Crippen molar-refractivity contribution in [3.05, 3.63) is 52.8 Å². The van der Waals surface area contributed by atoms with Gasteiger partial charge < -0.3 is 10.1 Å². The third kappa shape index (κ3) is 3.36. The van der Waals surface area contributed by atoms with Crippen LogP contribution >= 0.6 is 11.6 Å². The fraction of sp³-hybridized carbons (Fsp3) is 0.294. The predicted octanol–water partition coefficient (Wildman–Crippen LogP) is 4.41. The Morgan fingerprint density at radius 1 is 1.24 bits per heavy atom. The second-order valence-electron chi connectivity index (χ2n) is 5.32. The van der Waals surface area contributed by atoms with Gasteiger partial charge in [-0.25, -0.2) is 4.39 Å². The molecule has 0 radical (unpaired) electrons. The van der Waals surface area contributed by atoms with E-state index in [0.717, 1.165) is 23.2 Å². The van der Waals surface area contributed by atoms with E-state index in [-0.39, 0.29) is 11.6 Å². The zero-order valence-electron chi connectivity index (χ0n) is 11.8. The van der Waals surface area contributed by atoms with Gasteiger partial charge in [-0.2, -0.15) is 0 Å². The quantitative estimate of drug-likeness (QED) is 0.883. The number of methoxy groups -OCH3 is 1. The Kier molecular flexibility index (Phi) is 4.13. The molecule has 0 spiro atoms. The molecule has 1 aliphatic rings. The van der Waals surface area contributed by atoms with Gasteiger partial charge in [-0.15, -0.1) is 0 Å². The number of nitrogens with one attached hydrogen (secondary N) is 1. The first kappa shape index (κ1) is 14.4. The van der Waals surface area contributed by atoms with Crippen LogP contribution in [0.5, 0.6) is 5.75 Å². The molecule has 0 atom stereocenters. The third-order valence-corrected chi connectivity index (χ3v) is 3.98. The van der Waals surface area contributed by atoms with Crippen LogP contribution in [0.15, 0.2) is 36.4 Å². The monoisotopic (exact) mass is 305 g/mol. The maximum atomic E-state index is 13.8. The maximum absolute atomic E-state index is 13.8. The van der Waals surface area contributed by atoms with E-state index in [1.165, 1.54) is 26.0 Å². The number of rotatable bonds is 5. The second-order valence-corrected chi connectivity index (χ2v) is 5.73. The summed E-state index contributed by atoms with van der Waals surface area (Å²) in [6.07, 6.45) is 2.52. The van der Waals surface area contributed by atoms with Gasteiger partial charge in [-0.3, -0.25) is 0 Å². The average molecular weight is 306 g/mol. The van der Waals surface area contributed by atoms with Crippen molar-refractivity contribution in [2.75, 3.05) is 7.11 Å². The molecule has 1 N–H and O–H groups in total. The van der Waals surface area contributed by atoms with Crippen molar-refractivity contribution in [3.8, 4) is 16.9 Å². The van der Waals surface area contributed by atoms with E-state index in [1.807, 2.05) is 24.3 Å². The van der Waals surface area contributed by atoms with Gasteiger partial charge >= 0.3 is 0 Å². The van der Waals surface area contributed by atoms with E-state index in [9.17, 15) is 4.39 Å². The highest BCUT2D eigenvalue weighted by Gasteiger charge is 2.20. The van der Waals surface area contributed by atoms with E-state index in [0.29, 0.717) is 11.1 Å². The predicted molar refractivity (Wildman–Crippen MR) is 83.3 cm³/mol. The van der Waals surface area contributed by atoms with E-state index >= 15 is 0 Å². The molecule has 1 aliphatic carbocycles. The van der Waals surface area contributed by atoms with Crippen LogP contribution in [0.3, 0.4) is 0 Å². The van der Waals surface area contributed by atoms with Crippen molar-refractivity contribution < 1.29 is 9.13 Å². The van der Waals surface area contributed by atoms with Crippen molar-refractivity contribution in [1.29, 1.82) is 0 Å². The van der Waals surface area contributed by atoms with Gasteiger partial charge in [0.25, 0.3) is 0 Å². The lowest BCUT2D eigenvalue weighted by Crippen LogP contribution is -2.15. The Morgan fingerprint density at radius 2 is 2.05 bits per heavy atom. The van der Waals surface area contributed by atoms with Crippen molar-refractivity contribution in [3.63, 3.8) is 0 Å². The van der Waals surface area contributed by atoms with Crippen LogP contribution in [0, 0.1) is 5.82 Å². The lowest BCUT2D eigenvalue weighted by molar-refractivity contribution is 0.386. The van der Waals surface area contributed by atoms with Crippen LogP contribution in [0.25, 0.3) is 11.1 Å². The standard InChI is InChI=1S/C17H17ClFNO/c1-21-17-7-3-12(9-16(17)19)14-6-2-11(8-15(14)18)10-20-13-4-5-13/h2-3,6-9,13,20H,4-5,10H2,1H3.